The molecule has 1 rings (SSSR count). The molecule has 0 unspecified atom stereocenters. The van der Waals surface area contributed by atoms with Crippen LogP contribution >= 0.6 is 0 Å². The molecular weight excluding hydrogens is 180 g/mol. The van der Waals surface area contributed by atoms with Crippen LogP contribution in [0.1, 0.15) is 12.6 Å². The number of carbonyl (C=O) groups is 1. The summed E-state index contributed by atoms with van der Waals surface area (Å²) in [7, 11) is 0. The molecule has 1 aromatic rings. The molecule has 1 N–H and O–H groups in total. The Morgan fingerprint density at radius 1 is 1.57 bits per heavy atom. The van der Waals surface area contributed by atoms with E-state index in [0.29, 0.717) is 13.2 Å². The van der Waals surface area contributed by atoms with Gasteiger partial charge in [-0.05, 0) is 19.1 Å². The van der Waals surface area contributed by atoms with Gasteiger partial charge in [-0.15, -0.1) is 0 Å². The van der Waals surface area contributed by atoms with Crippen LogP contribution in [-0.4, -0.2) is 24.2 Å². The van der Waals surface area contributed by atoms with Gasteiger partial charge in [0, 0.05) is 24.9 Å². The molecule has 0 atom stereocenters. The summed E-state index contributed by atoms with van der Waals surface area (Å²) in [4.78, 5) is 15.0. The van der Waals surface area contributed by atoms with E-state index < -0.39 is 0 Å². The predicted molar refractivity (Wildman–Crippen MR) is 53.0 cm³/mol. The number of hydrogen-bond donors (Lipinski definition) is 1. The quantitative estimate of drug-likeness (QED) is 0.787. The summed E-state index contributed by atoms with van der Waals surface area (Å²) in [5.41, 5.74) is 0.962. The second kappa shape index (κ2) is 5.96. The Morgan fingerprint density at radius 3 is 3.07 bits per heavy atom. The average Bonchev–Trinajstić information content (AvgIpc) is 2.20. The second-order valence-corrected chi connectivity index (χ2v) is 2.72. The lowest BCUT2D eigenvalue weighted by molar-refractivity contribution is 0.152. The third-order valence-corrected chi connectivity index (χ3v) is 1.65. The summed E-state index contributed by atoms with van der Waals surface area (Å²) in [6, 6.07) is 5.71. The van der Waals surface area contributed by atoms with Crippen LogP contribution in [-0.2, 0) is 11.2 Å². The fraction of sp³-hybridized carbons (Fsp3) is 0.400. The smallest absolute Gasteiger partial charge is 0.407 e. The monoisotopic (exact) mass is 194 g/mol. The van der Waals surface area contributed by atoms with Crippen LogP contribution in [0, 0.1) is 0 Å². The first-order chi connectivity index (χ1) is 6.83. The van der Waals surface area contributed by atoms with Crippen molar-refractivity contribution in [2.75, 3.05) is 13.2 Å². The Bertz CT molecular complexity index is 275. The molecule has 14 heavy (non-hydrogen) atoms. The van der Waals surface area contributed by atoms with E-state index in [9.17, 15) is 4.79 Å². The van der Waals surface area contributed by atoms with Crippen molar-refractivity contribution in [2.24, 2.45) is 0 Å². The number of ether oxygens (including phenoxy) is 1. The number of amides is 1. The Kier molecular flexibility index (Phi) is 4.47. The van der Waals surface area contributed by atoms with Gasteiger partial charge in [0.05, 0.1) is 6.61 Å². The molecule has 4 nitrogen and oxygen atoms in total. The summed E-state index contributed by atoms with van der Waals surface area (Å²) in [5, 5.41) is 2.63. The standard InChI is InChI=1S/C10H14N2O2/c1-2-14-10(13)12-8-6-9-5-3-4-7-11-9/h3-5,7H,2,6,8H2,1H3,(H,12,13). The minimum Gasteiger partial charge on any atom is -0.450 e. The van der Waals surface area contributed by atoms with Crippen LogP contribution in [0.2, 0.25) is 0 Å². The van der Waals surface area contributed by atoms with Crippen LogP contribution in [0.15, 0.2) is 24.4 Å². The Balaban J connectivity index is 2.19. The molecule has 1 aromatic heterocycles. The minimum absolute atomic E-state index is 0.372. The molecule has 76 valence electrons. The molecule has 0 fully saturated rings. The maximum absolute atomic E-state index is 10.9. The molecule has 0 aliphatic carbocycles. The summed E-state index contributed by atoms with van der Waals surface area (Å²) in [5.74, 6) is 0. The lowest BCUT2D eigenvalue weighted by Gasteiger charge is -2.04. The zero-order chi connectivity index (χ0) is 10.2. The van der Waals surface area contributed by atoms with Crippen molar-refractivity contribution in [3.05, 3.63) is 30.1 Å². The van der Waals surface area contributed by atoms with Crippen LogP contribution in [0.4, 0.5) is 4.79 Å². The number of nitrogens with one attached hydrogen (secondary N) is 1. The molecule has 0 bridgehead atoms. The van der Waals surface area contributed by atoms with E-state index >= 15 is 0 Å². The van der Waals surface area contributed by atoms with E-state index in [1.54, 1.807) is 13.1 Å². The topological polar surface area (TPSA) is 51.2 Å². The highest BCUT2D eigenvalue weighted by atomic mass is 16.5. The van der Waals surface area contributed by atoms with Gasteiger partial charge in [-0.25, -0.2) is 4.79 Å². The SMILES string of the molecule is CCOC(=O)NCCc1ccccn1. The summed E-state index contributed by atoms with van der Waals surface area (Å²) < 4.78 is 4.71. The number of rotatable bonds is 4. The minimum atomic E-state index is -0.372. The van der Waals surface area contributed by atoms with Crippen LogP contribution in [0.5, 0.6) is 0 Å². The Labute approximate surface area is 83.3 Å². The molecule has 0 spiro atoms. The summed E-state index contributed by atoms with van der Waals surface area (Å²) in [6.07, 6.45) is 2.09. The van der Waals surface area contributed by atoms with Gasteiger partial charge < -0.3 is 10.1 Å². The van der Waals surface area contributed by atoms with Crippen LogP contribution < -0.4 is 5.32 Å². The molecular formula is C10H14N2O2. The lowest BCUT2D eigenvalue weighted by atomic mass is 10.3. The highest BCUT2D eigenvalue weighted by molar-refractivity contribution is 5.66. The molecule has 0 aliphatic rings. The number of carbonyl (C=O) groups excluding carboxylic acids is 1. The molecule has 1 amide bonds. The predicted octanol–water partition coefficient (Wildman–Crippen LogP) is 1.37. The Morgan fingerprint density at radius 2 is 2.43 bits per heavy atom. The van der Waals surface area contributed by atoms with Crippen molar-refractivity contribution in [2.45, 2.75) is 13.3 Å². The summed E-state index contributed by atoms with van der Waals surface area (Å²) in [6.45, 7) is 2.73. The molecule has 0 radical (unpaired) electrons. The van der Waals surface area contributed by atoms with Crippen LogP contribution in [0.3, 0.4) is 0 Å². The van der Waals surface area contributed by atoms with Crippen molar-refractivity contribution in [3.63, 3.8) is 0 Å². The average molecular weight is 194 g/mol. The van der Waals surface area contributed by atoms with Crippen molar-refractivity contribution >= 4 is 6.09 Å². The largest absolute Gasteiger partial charge is 0.450 e. The van der Waals surface area contributed by atoms with Gasteiger partial charge in [0.15, 0.2) is 0 Å². The third-order valence-electron chi connectivity index (χ3n) is 1.65. The molecule has 0 aliphatic heterocycles. The molecule has 1 heterocycles. The van der Waals surface area contributed by atoms with Crippen molar-refractivity contribution in [3.8, 4) is 0 Å². The number of nitrogens with zero attached hydrogens (tertiary/aromatic N) is 1. The van der Waals surface area contributed by atoms with Gasteiger partial charge in [0.2, 0.25) is 0 Å². The van der Waals surface area contributed by atoms with Crippen molar-refractivity contribution in [1.82, 2.24) is 10.3 Å². The van der Waals surface area contributed by atoms with Crippen LogP contribution in [0.25, 0.3) is 0 Å². The molecule has 0 saturated heterocycles. The van der Waals surface area contributed by atoms with E-state index in [4.69, 9.17) is 4.74 Å². The van der Waals surface area contributed by atoms with E-state index in [1.807, 2.05) is 18.2 Å². The fourth-order valence-corrected chi connectivity index (χ4v) is 1.02. The van der Waals surface area contributed by atoms with Crippen molar-refractivity contribution in [1.29, 1.82) is 0 Å². The lowest BCUT2D eigenvalue weighted by Crippen LogP contribution is -2.26. The second-order valence-electron chi connectivity index (χ2n) is 2.72. The third kappa shape index (κ3) is 3.89. The van der Waals surface area contributed by atoms with E-state index in [0.717, 1.165) is 12.1 Å². The van der Waals surface area contributed by atoms with Crippen molar-refractivity contribution < 1.29 is 9.53 Å². The van der Waals surface area contributed by atoms with E-state index in [2.05, 4.69) is 10.3 Å². The summed E-state index contributed by atoms with van der Waals surface area (Å²) >= 11 is 0. The van der Waals surface area contributed by atoms with Gasteiger partial charge >= 0.3 is 6.09 Å². The maximum Gasteiger partial charge on any atom is 0.407 e. The zero-order valence-electron chi connectivity index (χ0n) is 8.19. The number of alkyl carbamates (subject to hydrolysis) is 1. The highest BCUT2D eigenvalue weighted by Gasteiger charge is 1.99. The normalized spacial score (nSPS) is 9.50. The molecule has 4 heteroatoms. The van der Waals surface area contributed by atoms with Gasteiger partial charge in [-0.3, -0.25) is 4.98 Å². The van der Waals surface area contributed by atoms with Gasteiger partial charge in [-0.2, -0.15) is 0 Å². The number of hydrogen-bond acceptors (Lipinski definition) is 3. The van der Waals surface area contributed by atoms with Gasteiger partial charge in [0.25, 0.3) is 0 Å². The first-order valence-corrected chi connectivity index (χ1v) is 4.63. The highest BCUT2D eigenvalue weighted by Crippen LogP contribution is 1.93. The first-order valence-electron chi connectivity index (χ1n) is 4.63. The first kappa shape index (κ1) is 10.5. The van der Waals surface area contributed by atoms with Gasteiger partial charge in [-0.1, -0.05) is 6.07 Å². The molecule has 0 saturated carbocycles. The maximum atomic E-state index is 10.9. The molecule has 0 aromatic carbocycles. The van der Waals surface area contributed by atoms with Gasteiger partial charge in [0.1, 0.15) is 0 Å². The fourth-order valence-electron chi connectivity index (χ4n) is 1.02. The number of aromatic nitrogens is 1. The number of pyridine rings is 1. The zero-order valence-corrected chi connectivity index (χ0v) is 8.19. The Hall–Kier alpha value is -1.58. The van der Waals surface area contributed by atoms with E-state index in [-0.39, 0.29) is 6.09 Å². The van der Waals surface area contributed by atoms with E-state index in [1.165, 1.54) is 0 Å².